The second-order valence-electron chi connectivity index (χ2n) is 5.34. The van der Waals surface area contributed by atoms with Crippen LogP contribution in [0.2, 0.25) is 0 Å². The average molecular weight is 336 g/mol. The molecule has 1 fully saturated rings. The van der Waals surface area contributed by atoms with Crippen molar-refractivity contribution >= 4 is 17.5 Å². The first-order chi connectivity index (χ1) is 11.5. The van der Waals surface area contributed by atoms with Crippen LogP contribution in [0.4, 0.5) is 29.5 Å². The van der Waals surface area contributed by atoms with Gasteiger partial charge in [-0.05, 0) is 12.1 Å². The Hall–Kier alpha value is -2.77. The zero-order chi connectivity index (χ0) is 17.1. The SMILES string of the molecule is O=C(Nc1cc(F)c(F)cc1F)N1CCN(c2ccccn2)CC1. The van der Waals surface area contributed by atoms with Gasteiger partial charge >= 0.3 is 6.03 Å². The molecule has 0 atom stereocenters. The maximum Gasteiger partial charge on any atom is 0.322 e. The van der Waals surface area contributed by atoms with E-state index in [2.05, 4.69) is 10.3 Å². The summed E-state index contributed by atoms with van der Waals surface area (Å²) < 4.78 is 39.7. The summed E-state index contributed by atoms with van der Waals surface area (Å²) in [5, 5.41) is 2.27. The smallest absolute Gasteiger partial charge is 0.322 e. The highest BCUT2D eigenvalue weighted by molar-refractivity contribution is 5.89. The van der Waals surface area contributed by atoms with E-state index in [1.165, 1.54) is 4.90 Å². The molecule has 1 saturated heterocycles. The predicted molar refractivity (Wildman–Crippen MR) is 83.4 cm³/mol. The molecule has 1 aromatic carbocycles. The van der Waals surface area contributed by atoms with Crippen LogP contribution in [0, 0.1) is 17.5 Å². The van der Waals surface area contributed by atoms with Crippen LogP contribution < -0.4 is 10.2 Å². The van der Waals surface area contributed by atoms with Crippen LogP contribution in [0.15, 0.2) is 36.5 Å². The molecule has 24 heavy (non-hydrogen) atoms. The first kappa shape index (κ1) is 16.1. The quantitative estimate of drug-likeness (QED) is 0.858. The molecule has 5 nitrogen and oxygen atoms in total. The first-order valence-electron chi connectivity index (χ1n) is 7.41. The fourth-order valence-electron chi connectivity index (χ4n) is 2.49. The molecule has 0 spiro atoms. The van der Waals surface area contributed by atoms with Gasteiger partial charge in [-0.15, -0.1) is 0 Å². The van der Waals surface area contributed by atoms with E-state index in [9.17, 15) is 18.0 Å². The Balaban J connectivity index is 1.61. The molecule has 0 bridgehead atoms. The topological polar surface area (TPSA) is 48.5 Å². The van der Waals surface area contributed by atoms with E-state index in [1.54, 1.807) is 6.20 Å². The summed E-state index contributed by atoms with van der Waals surface area (Å²) in [6, 6.07) is 6.07. The van der Waals surface area contributed by atoms with E-state index in [-0.39, 0.29) is 5.69 Å². The number of rotatable bonds is 2. The van der Waals surface area contributed by atoms with Gasteiger partial charge in [0.1, 0.15) is 11.6 Å². The Morgan fingerprint density at radius 3 is 2.38 bits per heavy atom. The Kier molecular flexibility index (Phi) is 4.54. The zero-order valence-electron chi connectivity index (χ0n) is 12.7. The van der Waals surface area contributed by atoms with Gasteiger partial charge in [0.25, 0.3) is 0 Å². The van der Waals surface area contributed by atoms with Crippen LogP contribution in [-0.4, -0.2) is 42.1 Å². The minimum absolute atomic E-state index is 0.383. The highest BCUT2D eigenvalue weighted by atomic mass is 19.2. The first-order valence-corrected chi connectivity index (χ1v) is 7.41. The minimum Gasteiger partial charge on any atom is -0.353 e. The van der Waals surface area contributed by atoms with Gasteiger partial charge in [-0.1, -0.05) is 6.07 Å². The summed E-state index contributed by atoms with van der Waals surface area (Å²) in [7, 11) is 0. The zero-order valence-corrected chi connectivity index (χ0v) is 12.7. The van der Waals surface area contributed by atoms with Crippen molar-refractivity contribution in [2.24, 2.45) is 0 Å². The average Bonchev–Trinajstić information content (AvgIpc) is 2.60. The number of piperazine rings is 1. The number of nitrogens with one attached hydrogen (secondary N) is 1. The number of amides is 2. The summed E-state index contributed by atoms with van der Waals surface area (Å²) in [6.45, 7) is 1.97. The van der Waals surface area contributed by atoms with E-state index in [0.29, 0.717) is 38.3 Å². The lowest BCUT2D eigenvalue weighted by Crippen LogP contribution is -2.50. The Bertz CT molecular complexity index is 734. The molecule has 8 heteroatoms. The number of carbonyl (C=O) groups is 1. The lowest BCUT2D eigenvalue weighted by molar-refractivity contribution is 0.208. The molecule has 0 unspecified atom stereocenters. The lowest BCUT2D eigenvalue weighted by atomic mass is 10.2. The third-order valence-corrected chi connectivity index (χ3v) is 3.79. The van der Waals surface area contributed by atoms with Crippen molar-refractivity contribution in [1.29, 1.82) is 0 Å². The summed E-state index contributed by atoms with van der Waals surface area (Å²) in [4.78, 5) is 19.9. The van der Waals surface area contributed by atoms with Crippen molar-refractivity contribution in [2.75, 3.05) is 36.4 Å². The molecule has 1 N–H and O–H groups in total. The van der Waals surface area contributed by atoms with Crippen LogP contribution in [0.3, 0.4) is 0 Å². The standard InChI is InChI=1S/C16H15F3N4O/c17-11-9-13(19)14(10-12(11)18)21-16(24)23-7-5-22(6-8-23)15-3-1-2-4-20-15/h1-4,9-10H,5-8H2,(H,21,24). The second-order valence-corrected chi connectivity index (χ2v) is 5.34. The second kappa shape index (κ2) is 6.77. The summed E-state index contributed by atoms with van der Waals surface area (Å²) in [5.74, 6) is -2.71. The van der Waals surface area contributed by atoms with Crippen molar-refractivity contribution in [3.05, 3.63) is 54.0 Å². The largest absolute Gasteiger partial charge is 0.353 e. The van der Waals surface area contributed by atoms with Crippen molar-refractivity contribution < 1.29 is 18.0 Å². The van der Waals surface area contributed by atoms with Gasteiger partial charge in [-0.2, -0.15) is 0 Å². The Labute approximate surface area is 136 Å². The lowest BCUT2D eigenvalue weighted by Gasteiger charge is -2.35. The number of halogens is 3. The van der Waals surface area contributed by atoms with Gasteiger partial charge in [0.15, 0.2) is 11.6 Å². The summed E-state index contributed by atoms with van der Waals surface area (Å²) >= 11 is 0. The molecule has 1 aliphatic heterocycles. The summed E-state index contributed by atoms with van der Waals surface area (Å²) in [6.07, 6.45) is 1.69. The number of hydrogen-bond donors (Lipinski definition) is 1. The third kappa shape index (κ3) is 3.42. The number of urea groups is 1. The van der Waals surface area contributed by atoms with Crippen molar-refractivity contribution in [3.8, 4) is 0 Å². The molecule has 1 aromatic heterocycles. The van der Waals surface area contributed by atoms with Gasteiger partial charge in [-0.3, -0.25) is 0 Å². The fraction of sp³-hybridized carbons (Fsp3) is 0.250. The molecular formula is C16H15F3N4O. The molecule has 3 rings (SSSR count). The fourth-order valence-corrected chi connectivity index (χ4v) is 2.49. The molecular weight excluding hydrogens is 321 g/mol. The van der Waals surface area contributed by atoms with Crippen LogP contribution in [-0.2, 0) is 0 Å². The molecule has 2 heterocycles. The van der Waals surface area contributed by atoms with Gasteiger partial charge < -0.3 is 15.1 Å². The molecule has 0 aliphatic carbocycles. The number of pyridine rings is 1. The van der Waals surface area contributed by atoms with Crippen molar-refractivity contribution in [2.45, 2.75) is 0 Å². The van der Waals surface area contributed by atoms with Gasteiger partial charge in [-0.25, -0.2) is 22.9 Å². The molecule has 0 saturated carbocycles. The molecule has 0 radical (unpaired) electrons. The molecule has 2 aromatic rings. The highest BCUT2D eigenvalue weighted by Crippen LogP contribution is 2.19. The van der Waals surface area contributed by atoms with E-state index in [1.807, 2.05) is 23.1 Å². The van der Waals surface area contributed by atoms with Crippen molar-refractivity contribution in [3.63, 3.8) is 0 Å². The minimum atomic E-state index is -1.30. The van der Waals surface area contributed by atoms with Crippen LogP contribution >= 0.6 is 0 Å². The number of benzene rings is 1. The maximum absolute atomic E-state index is 13.6. The number of anilines is 2. The summed E-state index contributed by atoms with van der Waals surface area (Å²) in [5.41, 5.74) is -0.383. The van der Waals surface area contributed by atoms with E-state index in [4.69, 9.17) is 0 Å². The maximum atomic E-state index is 13.6. The number of nitrogens with zero attached hydrogens (tertiary/aromatic N) is 3. The van der Waals surface area contributed by atoms with Gasteiger partial charge in [0, 0.05) is 44.5 Å². The van der Waals surface area contributed by atoms with Gasteiger partial charge in [0.05, 0.1) is 5.69 Å². The number of aromatic nitrogens is 1. The van der Waals surface area contributed by atoms with E-state index in [0.717, 1.165) is 5.82 Å². The van der Waals surface area contributed by atoms with Crippen LogP contribution in [0.5, 0.6) is 0 Å². The van der Waals surface area contributed by atoms with Crippen LogP contribution in [0.1, 0.15) is 0 Å². The van der Waals surface area contributed by atoms with Gasteiger partial charge in [0.2, 0.25) is 0 Å². The predicted octanol–water partition coefficient (Wildman–Crippen LogP) is 2.85. The Morgan fingerprint density at radius 2 is 1.71 bits per heavy atom. The van der Waals surface area contributed by atoms with E-state index >= 15 is 0 Å². The number of carbonyl (C=O) groups excluding carboxylic acids is 1. The monoisotopic (exact) mass is 336 g/mol. The van der Waals surface area contributed by atoms with E-state index < -0.39 is 23.5 Å². The molecule has 126 valence electrons. The Morgan fingerprint density at radius 1 is 1.00 bits per heavy atom. The number of hydrogen-bond acceptors (Lipinski definition) is 3. The normalized spacial score (nSPS) is 14.6. The van der Waals surface area contributed by atoms with Crippen molar-refractivity contribution in [1.82, 2.24) is 9.88 Å². The molecule has 2 amide bonds. The third-order valence-electron chi connectivity index (χ3n) is 3.79. The highest BCUT2D eigenvalue weighted by Gasteiger charge is 2.23. The van der Waals surface area contributed by atoms with Crippen LogP contribution in [0.25, 0.3) is 0 Å². The molecule has 1 aliphatic rings.